The minimum atomic E-state index is 0.428. The fraction of sp³-hybridized carbons (Fsp3) is 0.304. The van der Waals surface area contributed by atoms with Gasteiger partial charge in [0.1, 0.15) is 5.69 Å². The Labute approximate surface area is 178 Å². The zero-order chi connectivity index (χ0) is 20.8. The van der Waals surface area contributed by atoms with Crippen molar-refractivity contribution in [2.45, 2.75) is 45.1 Å². The molecule has 5 aromatic rings. The van der Waals surface area contributed by atoms with E-state index >= 15 is 0 Å². The first-order valence-electron chi connectivity index (χ1n) is 10.8. The number of hydrogen-bond acceptors (Lipinski definition) is 6. The lowest BCUT2D eigenvalue weighted by Gasteiger charge is -2.25. The number of nitrogens with one attached hydrogen (secondary N) is 1. The van der Waals surface area contributed by atoms with Crippen LogP contribution in [0, 0.1) is 6.92 Å². The number of fused-ring (bicyclic) bond motifs is 2. The molecule has 31 heavy (non-hydrogen) atoms. The highest BCUT2D eigenvalue weighted by Crippen LogP contribution is 2.37. The van der Waals surface area contributed by atoms with Gasteiger partial charge in [0.2, 0.25) is 0 Å². The Kier molecular flexibility index (Phi) is 4.22. The number of aromatic nitrogens is 8. The van der Waals surface area contributed by atoms with Crippen molar-refractivity contribution in [1.82, 2.24) is 40.1 Å². The number of aromatic amines is 1. The Balaban J connectivity index is 1.59. The average molecular weight is 410 g/mol. The van der Waals surface area contributed by atoms with Crippen molar-refractivity contribution in [3.05, 3.63) is 48.2 Å². The van der Waals surface area contributed by atoms with E-state index in [9.17, 15) is 0 Å². The molecule has 8 heteroatoms. The van der Waals surface area contributed by atoms with Crippen molar-refractivity contribution in [3.63, 3.8) is 0 Å². The monoisotopic (exact) mass is 410 g/mol. The maximum Gasteiger partial charge on any atom is 0.179 e. The first kappa shape index (κ1) is 18.1. The number of hydrogen-bond donors (Lipinski definition) is 1. The first-order chi connectivity index (χ1) is 15.3. The van der Waals surface area contributed by atoms with Gasteiger partial charge in [-0.25, -0.2) is 15.1 Å². The van der Waals surface area contributed by atoms with E-state index in [1.807, 2.05) is 12.1 Å². The van der Waals surface area contributed by atoms with Crippen molar-refractivity contribution < 1.29 is 0 Å². The van der Waals surface area contributed by atoms with Crippen LogP contribution in [0.4, 0.5) is 0 Å². The lowest BCUT2D eigenvalue weighted by molar-refractivity contribution is 0.362. The average Bonchev–Trinajstić information content (AvgIpc) is 3.47. The van der Waals surface area contributed by atoms with Gasteiger partial charge in [-0.2, -0.15) is 0 Å². The van der Waals surface area contributed by atoms with Crippen molar-refractivity contribution in [3.8, 4) is 22.9 Å². The van der Waals surface area contributed by atoms with E-state index in [0.29, 0.717) is 11.9 Å². The smallest absolute Gasteiger partial charge is 0.179 e. The summed E-state index contributed by atoms with van der Waals surface area (Å²) in [5.41, 5.74) is 6.78. The van der Waals surface area contributed by atoms with Crippen LogP contribution in [0.25, 0.3) is 45.0 Å². The molecule has 0 radical (unpaired) electrons. The van der Waals surface area contributed by atoms with Gasteiger partial charge in [-0.1, -0.05) is 19.3 Å². The van der Waals surface area contributed by atoms with Crippen molar-refractivity contribution >= 4 is 22.1 Å². The van der Waals surface area contributed by atoms with Gasteiger partial charge in [-0.05, 0) is 72.2 Å². The van der Waals surface area contributed by atoms with Crippen LogP contribution in [0.15, 0.2) is 42.6 Å². The minimum absolute atomic E-state index is 0.428. The molecule has 4 aromatic heterocycles. The van der Waals surface area contributed by atoms with Gasteiger partial charge < -0.3 is 4.57 Å². The summed E-state index contributed by atoms with van der Waals surface area (Å²) in [7, 11) is 0. The molecule has 6 rings (SSSR count). The highest BCUT2D eigenvalue weighted by atomic mass is 15.5. The third kappa shape index (κ3) is 3.06. The number of benzene rings is 1. The molecule has 0 spiro atoms. The van der Waals surface area contributed by atoms with Gasteiger partial charge in [0.15, 0.2) is 11.6 Å². The summed E-state index contributed by atoms with van der Waals surface area (Å²) in [4.78, 5) is 14.5. The third-order valence-corrected chi connectivity index (χ3v) is 6.24. The van der Waals surface area contributed by atoms with Crippen LogP contribution >= 0.6 is 0 Å². The number of nitrogens with zero attached hydrogens (tertiary/aromatic N) is 7. The fourth-order valence-corrected chi connectivity index (χ4v) is 4.73. The maximum atomic E-state index is 5.09. The molecule has 154 valence electrons. The van der Waals surface area contributed by atoms with E-state index in [-0.39, 0.29) is 0 Å². The molecule has 0 unspecified atom stereocenters. The Morgan fingerprint density at radius 2 is 1.87 bits per heavy atom. The summed E-state index contributed by atoms with van der Waals surface area (Å²) >= 11 is 0. The largest absolute Gasteiger partial charge is 0.320 e. The predicted octanol–water partition coefficient (Wildman–Crippen LogP) is 4.64. The second-order valence-corrected chi connectivity index (χ2v) is 8.25. The molecule has 0 amide bonds. The molecule has 1 N–H and O–H groups in total. The molecule has 1 aromatic carbocycles. The van der Waals surface area contributed by atoms with Gasteiger partial charge in [-0.15, -0.1) is 5.10 Å². The van der Waals surface area contributed by atoms with Gasteiger partial charge in [0, 0.05) is 17.8 Å². The van der Waals surface area contributed by atoms with E-state index in [2.05, 4.69) is 61.4 Å². The van der Waals surface area contributed by atoms with Crippen LogP contribution in [0.3, 0.4) is 0 Å². The highest BCUT2D eigenvalue weighted by Gasteiger charge is 2.24. The second-order valence-electron chi connectivity index (χ2n) is 8.25. The molecule has 0 saturated heterocycles. The first-order valence-corrected chi connectivity index (χ1v) is 10.8. The number of imidazole rings is 1. The van der Waals surface area contributed by atoms with Crippen LogP contribution in [0.1, 0.15) is 43.7 Å². The SMILES string of the molecule is Cc1cc2ncccc2nc1-c1nc2cc(-c3nnn[nH]3)ccc2n1C1CCCCC1. The topological polar surface area (TPSA) is 98.1 Å². The van der Waals surface area contributed by atoms with Crippen LogP contribution < -0.4 is 0 Å². The lowest BCUT2D eigenvalue weighted by Crippen LogP contribution is -2.14. The molecule has 1 saturated carbocycles. The van der Waals surface area contributed by atoms with Gasteiger partial charge in [-0.3, -0.25) is 4.98 Å². The van der Waals surface area contributed by atoms with Crippen molar-refractivity contribution in [1.29, 1.82) is 0 Å². The van der Waals surface area contributed by atoms with Crippen LogP contribution in [0.5, 0.6) is 0 Å². The summed E-state index contributed by atoms with van der Waals surface area (Å²) < 4.78 is 2.41. The molecule has 1 fully saturated rings. The van der Waals surface area contributed by atoms with E-state index in [1.165, 1.54) is 32.1 Å². The van der Waals surface area contributed by atoms with Crippen molar-refractivity contribution in [2.24, 2.45) is 0 Å². The Bertz CT molecular complexity index is 1380. The van der Waals surface area contributed by atoms with Gasteiger partial charge in [0.25, 0.3) is 0 Å². The van der Waals surface area contributed by atoms with Crippen LogP contribution in [-0.4, -0.2) is 40.1 Å². The zero-order valence-electron chi connectivity index (χ0n) is 17.3. The summed E-state index contributed by atoms with van der Waals surface area (Å²) in [6.45, 7) is 2.09. The van der Waals surface area contributed by atoms with E-state index in [4.69, 9.17) is 9.97 Å². The fourth-order valence-electron chi connectivity index (χ4n) is 4.73. The summed E-state index contributed by atoms with van der Waals surface area (Å²) in [6, 6.07) is 12.7. The zero-order valence-corrected chi connectivity index (χ0v) is 17.3. The second kappa shape index (κ2) is 7.23. The normalized spacial score (nSPS) is 15.1. The molecular formula is C23H22N8. The number of tetrazole rings is 1. The third-order valence-electron chi connectivity index (χ3n) is 6.24. The number of pyridine rings is 2. The van der Waals surface area contributed by atoms with E-state index in [0.717, 1.165) is 44.7 Å². The van der Waals surface area contributed by atoms with Crippen LogP contribution in [-0.2, 0) is 0 Å². The molecule has 0 aliphatic heterocycles. The Morgan fingerprint density at radius 3 is 2.71 bits per heavy atom. The molecule has 1 aliphatic carbocycles. The van der Waals surface area contributed by atoms with E-state index < -0.39 is 0 Å². The molecule has 0 atom stereocenters. The molecule has 1 aliphatic rings. The lowest BCUT2D eigenvalue weighted by atomic mass is 9.95. The standard InChI is InChI=1S/C23H22N8/c1-14-12-18-17(8-5-11-24-18)25-21(14)23-26-19-13-15(22-27-29-30-28-22)9-10-20(19)31(23)16-6-3-2-4-7-16/h5,8-13,16H,2-4,6-7H2,1H3,(H,27,28,29,30). The van der Waals surface area contributed by atoms with Gasteiger partial charge >= 0.3 is 0 Å². The Morgan fingerprint density at radius 1 is 0.968 bits per heavy atom. The molecule has 0 bridgehead atoms. The van der Waals surface area contributed by atoms with Crippen LogP contribution in [0.2, 0.25) is 0 Å². The maximum absolute atomic E-state index is 5.09. The van der Waals surface area contributed by atoms with E-state index in [1.54, 1.807) is 6.20 Å². The summed E-state index contributed by atoms with van der Waals surface area (Å²) in [6.07, 6.45) is 7.94. The Hall–Kier alpha value is -3.68. The number of rotatable bonds is 3. The summed E-state index contributed by atoms with van der Waals surface area (Å²) in [5, 5.41) is 14.3. The molecular weight excluding hydrogens is 388 g/mol. The summed E-state index contributed by atoms with van der Waals surface area (Å²) in [5.74, 6) is 1.57. The molecule has 4 heterocycles. The highest BCUT2D eigenvalue weighted by molar-refractivity contribution is 5.86. The minimum Gasteiger partial charge on any atom is -0.320 e. The number of aryl methyl sites for hydroxylation is 1. The predicted molar refractivity (Wildman–Crippen MR) is 118 cm³/mol. The van der Waals surface area contributed by atoms with Gasteiger partial charge in [0.05, 0.1) is 22.1 Å². The number of H-pyrrole nitrogens is 1. The molecule has 8 nitrogen and oxygen atoms in total. The van der Waals surface area contributed by atoms with Crippen molar-refractivity contribution in [2.75, 3.05) is 0 Å². The quantitative estimate of drug-likeness (QED) is 0.465.